The molecule has 3 rings (SSSR count). The van der Waals surface area contributed by atoms with Gasteiger partial charge in [0.1, 0.15) is 11.9 Å². The summed E-state index contributed by atoms with van der Waals surface area (Å²) in [7, 11) is -2.64. The number of anilines is 1. The minimum Gasteiger partial charge on any atom is -0.416 e. The molecule has 30 heavy (non-hydrogen) atoms. The molecule has 9 nitrogen and oxygen atoms in total. The molecule has 0 aliphatic carbocycles. The highest BCUT2D eigenvalue weighted by Crippen LogP contribution is 2.30. The topological polar surface area (TPSA) is 130 Å². The van der Waals surface area contributed by atoms with Crippen LogP contribution in [0.4, 0.5) is 18.9 Å². The third-order valence-corrected chi connectivity index (χ3v) is 5.65. The number of ether oxygens (including phenoxy) is 2. The van der Waals surface area contributed by atoms with E-state index in [1.165, 1.54) is 7.11 Å². The number of hydrogen-bond donors (Lipinski definition) is 1. The molecule has 0 radical (unpaired) electrons. The van der Waals surface area contributed by atoms with Crippen molar-refractivity contribution >= 4 is 15.5 Å². The number of benzene rings is 1. The van der Waals surface area contributed by atoms with Gasteiger partial charge in [-0.15, -0.1) is 23.4 Å². The van der Waals surface area contributed by atoms with Gasteiger partial charge in [0.15, 0.2) is 5.69 Å². The van der Waals surface area contributed by atoms with Crippen LogP contribution in [0, 0.1) is 0 Å². The van der Waals surface area contributed by atoms with Gasteiger partial charge in [-0.2, -0.15) is 0 Å². The van der Waals surface area contributed by atoms with Crippen LogP contribution in [0.15, 0.2) is 50.7 Å². The molecule has 0 aliphatic rings. The van der Waals surface area contributed by atoms with E-state index in [4.69, 9.17) is 14.9 Å². The lowest BCUT2D eigenvalue weighted by molar-refractivity contribution is -0.274. The third kappa shape index (κ3) is 4.52. The van der Waals surface area contributed by atoms with Crippen molar-refractivity contribution in [2.75, 3.05) is 12.8 Å². The van der Waals surface area contributed by atoms with Crippen LogP contribution < -0.4 is 10.5 Å². The van der Waals surface area contributed by atoms with Crippen molar-refractivity contribution in [3.05, 3.63) is 42.4 Å². The second-order valence-electron chi connectivity index (χ2n) is 5.95. The quantitative estimate of drug-likeness (QED) is 0.609. The van der Waals surface area contributed by atoms with Crippen LogP contribution >= 0.6 is 0 Å². The Morgan fingerprint density at radius 3 is 2.37 bits per heavy atom. The SMILES string of the molecule is COC(C)c1nnc(-c2ncc(S(=O)(=O)c3ccc(OC(F)(F)F)cc3)cc2N)o1. The van der Waals surface area contributed by atoms with Crippen molar-refractivity contribution in [1.29, 1.82) is 0 Å². The van der Waals surface area contributed by atoms with Crippen molar-refractivity contribution in [2.24, 2.45) is 0 Å². The van der Waals surface area contributed by atoms with Gasteiger partial charge in [0.2, 0.25) is 15.7 Å². The number of sulfone groups is 1. The standard InChI is InChI=1S/C17H15F3N4O5S/c1-9(27-2)15-23-24-16(28-15)14-13(21)7-12(8-22-14)30(25,26)11-5-3-10(4-6-11)29-17(18,19)20/h3-9H,21H2,1-2H3. The molecule has 160 valence electrons. The number of hydrogen-bond acceptors (Lipinski definition) is 9. The number of halogens is 3. The number of nitrogen functional groups attached to an aromatic ring is 1. The van der Waals surface area contributed by atoms with E-state index in [1.54, 1.807) is 6.92 Å². The fourth-order valence-electron chi connectivity index (χ4n) is 2.34. The summed E-state index contributed by atoms with van der Waals surface area (Å²) in [5, 5.41) is 7.62. The van der Waals surface area contributed by atoms with Crippen LogP contribution in [0.25, 0.3) is 11.6 Å². The number of pyridine rings is 1. The van der Waals surface area contributed by atoms with Crippen LogP contribution in [0.3, 0.4) is 0 Å². The summed E-state index contributed by atoms with van der Waals surface area (Å²) in [4.78, 5) is 3.46. The zero-order valence-corrected chi connectivity index (χ0v) is 16.4. The summed E-state index contributed by atoms with van der Waals surface area (Å²) in [5.41, 5.74) is 5.93. The van der Waals surface area contributed by atoms with Crippen molar-refractivity contribution in [2.45, 2.75) is 29.2 Å². The van der Waals surface area contributed by atoms with Crippen LogP contribution in [0.5, 0.6) is 5.75 Å². The molecule has 3 aromatic rings. The normalized spacial score (nSPS) is 13.2. The summed E-state index contributed by atoms with van der Waals surface area (Å²) in [6, 6.07) is 4.89. The van der Waals surface area contributed by atoms with Gasteiger partial charge in [-0.1, -0.05) is 0 Å². The highest BCUT2D eigenvalue weighted by atomic mass is 32.2. The lowest BCUT2D eigenvalue weighted by atomic mass is 10.3. The van der Waals surface area contributed by atoms with Crippen molar-refractivity contribution < 1.29 is 35.5 Å². The summed E-state index contributed by atoms with van der Waals surface area (Å²) in [6.07, 6.45) is -4.31. The van der Waals surface area contributed by atoms with E-state index in [2.05, 4.69) is 19.9 Å². The highest BCUT2D eigenvalue weighted by Gasteiger charge is 2.31. The van der Waals surface area contributed by atoms with Gasteiger partial charge in [-0.05, 0) is 37.3 Å². The van der Waals surface area contributed by atoms with Gasteiger partial charge in [-0.3, -0.25) is 0 Å². The molecule has 0 saturated heterocycles. The van der Waals surface area contributed by atoms with E-state index in [0.29, 0.717) is 0 Å². The Balaban J connectivity index is 1.89. The first-order valence-corrected chi connectivity index (χ1v) is 9.72. The van der Waals surface area contributed by atoms with Crippen molar-refractivity contribution in [3.63, 3.8) is 0 Å². The van der Waals surface area contributed by atoms with Crippen LogP contribution in [0.1, 0.15) is 18.9 Å². The Hall–Kier alpha value is -3.19. The zero-order valence-electron chi connectivity index (χ0n) is 15.5. The summed E-state index contributed by atoms with van der Waals surface area (Å²) in [6.45, 7) is 1.69. The maximum Gasteiger partial charge on any atom is 0.573 e. The second-order valence-corrected chi connectivity index (χ2v) is 7.90. The van der Waals surface area contributed by atoms with Gasteiger partial charge in [0.05, 0.1) is 15.5 Å². The minimum absolute atomic E-state index is 0.0241. The average molecular weight is 444 g/mol. The molecule has 0 aliphatic heterocycles. The third-order valence-electron chi connectivity index (χ3n) is 3.91. The Morgan fingerprint density at radius 1 is 1.13 bits per heavy atom. The number of rotatable bonds is 6. The van der Waals surface area contributed by atoms with E-state index in [-0.39, 0.29) is 33.0 Å². The number of nitrogens with two attached hydrogens (primary N) is 1. The molecule has 0 fully saturated rings. The predicted octanol–water partition coefficient (Wildman–Crippen LogP) is 3.15. The van der Waals surface area contributed by atoms with Crippen LogP contribution in [-0.2, 0) is 14.6 Å². The van der Waals surface area contributed by atoms with Gasteiger partial charge < -0.3 is 19.6 Å². The molecule has 0 amide bonds. The first-order chi connectivity index (χ1) is 14.0. The molecule has 2 heterocycles. The van der Waals surface area contributed by atoms with Crippen LogP contribution in [-0.4, -0.2) is 37.1 Å². The first-order valence-electron chi connectivity index (χ1n) is 8.24. The smallest absolute Gasteiger partial charge is 0.416 e. The van der Waals surface area contributed by atoms with E-state index in [0.717, 1.165) is 36.5 Å². The summed E-state index contributed by atoms with van der Waals surface area (Å²) >= 11 is 0. The van der Waals surface area contributed by atoms with E-state index < -0.39 is 28.1 Å². The molecule has 2 N–H and O–H groups in total. The average Bonchev–Trinajstić information content (AvgIpc) is 3.16. The maximum atomic E-state index is 12.7. The molecule has 13 heteroatoms. The lowest BCUT2D eigenvalue weighted by Gasteiger charge is -2.10. The molecule has 0 spiro atoms. The maximum absolute atomic E-state index is 12.7. The summed E-state index contributed by atoms with van der Waals surface area (Å²) in [5.74, 6) is -0.387. The van der Waals surface area contributed by atoms with Gasteiger partial charge >= 0.3 is 6.36 Å². The van der Waals surface area contributed by atoms with E-state index >= 15 is 0 Å². The van der Waals surface area contributed by atoms with E-state index in [9.17, 15) is 21.6 Å². The lowest BCUT2D eigenvalue weighted by Crippen LogP contribution is -2.17. The fraction of sp³-hybridized carbons (Fsp3) is 0.235. The first kappa shape index (κ1) is 21.5. The van der Waals surface area contributed by atoms with Gasteiger partial charge in [0.25, 0.3) is 5.89 Å². The van der Waals surface area contributed by atoms with Crippen molar-refractivity contribution in [3.8, 4) is 17.3 Å². The zero-order chi connectivity index (χ0) is 22.1. The number of alkyl halides is 3. The van der Waals surface area contributed by atoms with Crippen molar-refractivity contribution in [1.82, 2.24) is 15.2 Å². The molecule has 0 saturated carbocycles. The number of methoxy groups -OCH3 is 1. The number of nitrogens with zero attached hydrogens (tertiary/aromatic N) is 3. The Bertz CT molecular complexity index is 1150. The van der Waals surface area contributed by atoms with Gasteiger partial charge in [-0.25, -0.2) is 13.4 Å². The monoisotopic (exact) mass is 444 g/mol. The second kappa shape index (κ2) is 7.91. The molecular weight excluding hydrogens is 429 g/mol. The molecule has 1 unspecified atom stereocenters. The predicted molar refractivity (Wildman–Crippen MR) is 95.9 cm³/mol. The Labute approximate surface area is 168 Å². The molecule has 0 bridgehead atoms. The molecule has 1 atom stereocenters. The molecular formula is C17H15F3N4O5S. The largest absolute Gasteiger partial charge is 0.573 e. The number of aromatic nitrogens is 3. The molecule has 1 aromatic carbocycles. The Kier molecular flexibility index (Phi) is 5.67. The summed E-state index contributed by atoms with van der Waals surface area (Å²) < 4.78 is 76.4. The van der Waals surface area contributed by atoms with E-state index in [1.807, 2.05) is 0 Å². The van der Waals surface area contributed by atoms with Crippen LogP contribution in [0.2, 0.25) is 0 Å². The van der Waals surface area contributed by atoms with Gasteiger partial charge in [0, 0.05) is 13.3 Å². The fourth-order valence-corrected chi connectivity index (χ4v) is 3.58. The molecule has 2 aromatic heterocycles. The minimum atomic E-state index is -4.88. The highest BCUT2D eigenvalue weighted by molar-refractivity contribution is 7.91. The Morgan fingerprint density at radius 2 is 1.80 bits per heavy atom.